The maximum absolute atomic E-state index is 12.0. The molecule has 0 aliphatic carbocycles. The van der Waals surface area contributed by atoms with Crippen LogP contribution in [-0.4, -0.2) is 65.7 Å². The van der Waals surface area contributed by atoms with E-state index in [4.69, 9.17) is 5.11 Å². The Morgan fingerprint density at radius 2 is 2.00 bits per heavy atom. The summed E-state index contributed by atoms with van der Waals surface area (Å²) in [6.45, 7) is 9.75. The first kappa shape index (κ1) is 16.8. The molecule has 2 atom stereocenters. The van der Waals surface area contributed by atoms with E-state index >= 15 is 0 Å². The van der Waals surface area contributed by atoms with Gasteiger partial charge in [0.25, 0.3) is 0 Å². The number of hydrogen-bond acceptors (Lipinski definition) is 3. The van der Waals surface area contributed by atoms with E-state index < -0.39 is 11.9 Å². The van der Waals surface area contributed by atoms with Gasteiger partial charge in [-0.15, -0.1) is 0 Å². The quantitative estimate of drug-likeness (QED) is 0.738. The van der Waals surface area contributed by atoms with Crippen molar-refractivity contribution >= 4 is 12.0 Å². The Morgan fingerprint density at radius 1 is 1.35 bits per heavy atom. The molecule has 0 aromatic heterocycles. The molecule has 1 rings (SSSR count). The zero-order chi connectivity index (χ0) is 15.1. The van der Waals surface area contributed by atoms with E-state index in [1.54, 1.807) is 4.90 Å². The van der Waals surface area contributed by atoms with Gasteiger partial charge in [-0.3, -0.25) is 9.69 Å². The summed E-state index contributed by atoms with van der Waals surface area (Å²) < 4.78 is 0. The van der Waals surface area contributed by atoms with Gasteiger partial charge in [0.15, 0.2) is 0 Å². The maximum atomic E-state index is 12.0. The van der Waals surface area contributed by atoms with Crippen LogP contribution in [0.5, 0.6) is 0 Å². The van der Waals surface area contributed by atoms with E-state index in [1.807, 2.05) is 6.92 Å². The molecule has 6 nitrogen and oxygen atoms in total. The minimum absolute atomic E-state index is 0.139. The molecule has 116 valence electrons. The number of carboxylic acids is 1. The highest BCUT2D eigenvalue weighted by Crippen LogP contribution is 2.15. The zero-order valence-corrected chi connectivity index (χ0v) is 12.8. The van der Waals surface area contributed by atoms with Crippen molar-refractivity contribution < 1.29 is 14.7 Å². The molecule has 20 heavy (non-hydrogen) atoms. The second-order valence-electron chi connectivity index (χ2n) is 5.24. The average Bonchev–Trinajstić information content (AvgIpc) is 2.90. The summed E-state index contributed by atoms with van der Waals surface area (Å²) in [5, 5.41) is 11.7. The fraction of sp³-hybridized carbons (Fsp3) is 0.857. The average molecular weight is 285 g/mol. The number of carbonyl (C=O) groups excluding carboxylic acids is 1. The first-order chi connectivity index (χ1) is 9.53. The molecule has 2 N–H and O–H groups in total. The van der Waals surface area contributed by atoms with Crippen molar-refractivity contribution in [1.82, 2.24) is 15.1 Å². The Kier molecular flexibility index (Phi) is 6.78. The predicted molar refractivity (Wildman–Crippen MR) is 77.7 cm³/mol. The van der Waals surface area contributed by atoms with Gasteiger partial charge < -0.3 is 15.3 Å². The van der Waals surface area contributed by atoms with Gasteiger partial charge in [0.1, 0.15) is 0 Å². The molecule has 2 amide bonds. The first-order valence-electron chi connectivity index (χ1n) is 7.53. The van der Waals surface area contributed by atoms with Crippen LogP contribution < -0.4 is 5.32 Å². The topological polar surface area (TPSA) is 72.9 Å². The lowest BCUT2D eigenvalue weighted by Crippen LogP contribution is -2.44. The summed E-state index contributed by atoms with van der Waals surface area (Å²) in [5.41, 5.74) is 0. The van der Waals surface area contributed by atoms with E-state index in [9.17, 15) is 9.59 Å². The van der Waals surface area contributed by atoms with Crippen molar-refractivity contribution in [3.8, 4) is 0 Å². The summed E-state index contributed by atoms with van der Waals surface area (Å²) in [7, 11) is 0. The predicted octanol–water partition coefficient (Wildman–Crippen LogP) is 1.22. The molecule has 1 saturated heterocycles. The summed E-state index contributed by atoms with van der Waals surface area (Å²) in [5.74, 6) is -1.35. The summed E-state index contributed by atoms with van der Waals surface area (Å²) >= 11 is 0. The normalized spacial score (nSPS) is 20.2. The Morgan fingerprint density at radius 3 is 2.50 bits per heavy atom. The zero-order valence-electron chi connectivity index (χ0n) is 12.8. The highest BCUT2D eigenvalue weighted by atomic mass is 16.4. The molecule has 0 saturated carbocycles. The van der Waals surface area contributed by atoms with Crippen molar-refractivity contribution in [1.29, 1.82) is 0 Å². The summed E-state index contributed by atoms with van der Waals surface area (Å²) in [6, 6.07) is 0.288. The van der Waals surface area contributed by atoms with Gasteiger partial charge in [0.05, 0.1) is 5.92 Å². The molecule has 2 unspecified atom stereocenters. The fourth-order valence-corrected chi connectivity index (χ4v) is 2.69. The molecule has 1 heterocycles. The van der Waals surface area contributed by atoms with Gasteiger partial charge in [0.2, 0.25) is 0 Å². The van der Waals surface area contributed by atoms with Gasteiger partial charge in [0, 0.05) is 25.7 Å². The number of nitrogens with zero attached hydrogens (tertiary/aromatic N) is 2. The monoisotopic (exact) mass is 285 g/mol. The number of amides is 2. The van der Waals surface area contributed by atoms with E-state index in [1.165, 1.54) is 0 Å². The van der Waals surface area contributed by atoms with Gasteiger partial charge in [-0.2, -0.15) is 0 Å². The number of urea groups is 1. The Bertz CT molecular complexity index is 332. The lowest BCUT2D eigenvalue weighted by molar-refractivity contribution is -0.141. The van der Waals surface area contributed by atoms with E-state index in [0.29, 0.717) is 12.5 Å². The highest BCUT2D eigenvalue weighted by molar-refractivity contribution is 5.76. The molecule has 1 fully saturated rings. The minimum atomic E-state index is -0.852. The second-order valence-corrected chi connectivity index (χ2v) is 5.24. The minimum Gasteiger partial charge on any atom is -0.481 e. The Hall–Kier alpha value is -1.30. The summed E-state index contributed by atoms with van der Waals surface area (Å²) in [6.07, 6.45) is 1.52. The van der Waals surface area contributed by atoms with Gasteiger partial charge in [-0.25, -0.2) is 4.79 Å². The van der Waals surface area contributed by atoms with E-state index in [-0.39, 0.29) is 12.6 Å². The molecule has 0 spiro atoms. The molecule has 0 aromatic carbocycles. The molecule has 0 aromatic rings. The van der Waals surface area contributed by atoms with Crippen LogP contribution in [0, 0.1) is 5.92 Å². The van der Waals surface area contributed by atoms with Crippen LogP contribution in [0.3, 0.4) is 0 Å². The molecule has 1 aliphatic rings. The van der Waals surface area contributed by atoms with Crippen molar-refractivity contribution in [3.63, 3.8) is 0 Å². The third-order valence-electron chi connectivity index (χ3n) is 4.12. The standard InChI is InChI=1S/C14H27N3O3/c1-4-11(13(18)19)9-15-14(20)17-8-7-12(10-17)16(5-2)6-3/h11-12H,4-10H2,1-3H3,(H,15,20)(H,18,19). The molecule has 1 aliphatic heterocycles. The van der Waals surface area contributed by atoms with Crippen LogP contribution in [0.25, 0.3) is 0 Å². The van der Waals surface area contributed by atoms with Crippen LogP contribution in [0.4, 0.5) is 4.79 Å². The highest BCUT2D eigenvalue weighted by Gasteiger charge is 2.29. The van der Waals surface area contributed by atoms with Crippen molar-refractivity contribution in [2.75, 3.05) is 32.7 Å². The molecule has 0 radical (unpaired) electrons. The van der Waals surface area contributed by atoms with Crippen LogP contribution in [0.2, 0.25) is 0 Å². The number of likely N-dealkylation sites (tertiary alicyclic amines) is 1. The number of likely N-dealkylation sites (N-methyl/N-ethyl adjacent to an activating group) is 1. The van der Waals surface area contributed by atoms with E-state index in [2.05, 4.69) is 24.1 Å². The molecule has 0 bridgehead atoms. The third kappa shape index (κ3) is 4.37. The van der Waals surface area contributed by atoms with Crippen LogP contribution >= 0.6 is 0 Å². The number of carboxylic acid groups (broad SMARTS) is 1. The van der Waals surface area contributed by atoms with Crippen LogP contribution in [-0.2, 0) is 4.79 Å². The Balaban J connectivity index is 2.40. The maximum Gasteiger partial charge on any atom is 0.317 e. The van der Waals surface area contributed by atoms with Gasteiger partial charge in [-0.05, 0) is 25.9 Å². The number of carbonyl (C=O) groups is 2. The van der Waals surface area contributed by atoms with Crippen molar-refractivity contribution in [2.24, 2.45) is 5.92 Å². The van der Waals surface area contributed by atoms with Crippen molar-refractivity contribution in [3.05, 3.63) is 0 Å². The SMILES string of the molecule is CCC(CNC(=O)N1CCC(N(CC)CC)C1)C(=O)O. The largest absolute Gasteiger partial charge is 0.481 e. The summed E-state index contributed by atoms with van der Waals surface area (Å²) in [4.78, 5) is 27.1. The number of aliphatic carboxylic acids is 1. The molecular formula is C14H27N3O3. The van der Waals surface area contributed by atoms with Crippen LogP contribution in [0.15, 0.2) is 0 Å². The lowest BCUT2D eigenvalue weighted by Gasteiger charge is -2.26. The molecule has 6 heteroatoms. The van der Waals surface area contributed by atoms with Gasteiger partial charge >= 0.3 is 12.0 Å². The van der Waals surface area contributed by atoms with Gasteiger partial charge in [-0.1, -0.05) is 20.8 Å². The fourth-order valence-electron chi connectivity index (χ4n) is 2.69. The lowest BCUT2D eigenvalue weighted by atomic mass is 10.1. The van der Waals surface area contributed by atoms with Crippen LogP contribution in [0.1, 0.15) is 33.6 Å². The number of nitrogens with one attached hydrogen (secondary N) is 1. The molecular weight excluding hydrogens is 258 g/mol. The second kappa shape index (κ2) is 8.09. The first-order valence-corrected chi connectivity index (χ1v) is 7.53. The van der Waals surface area contributed by atoms with E-state index in [0.717, 1.165) is 32.6 Å². The van der Waals surface area contributed by atoms with Crippen molar-refractivity contribution in [2.45, 2.75) is 39.7 Å². The smallest absolute Gasteiger partial charge is 0.317 e. The third-order valence-corrected chi connectivity index (χ3v) is 4.12. The number of rotatable bonds is 7. The Labute approximate surface area is 121 Å². The number of hydrogen-bond donors (Lipinski definition) is 2.